The van der Waals surface area contributed by atoms with Gasteiger partial charge < -0.3 is 25.4 Å². The van der Waals surface area contributed by atoms with E-state index in [2.05, 4.69) is 26.1 Å². The molecule has 0 radical (unpaired) electrons. The summed E-state index contributed by atoms with van der Waals surface area (Å²) in [4.78, 5) is 27.8. The third-order valence-corrected chi connectivity index (χ3v) is 5.87. The highest BCUT2D eigenvalue weighted by Crippen LogP contribution is 2.28. The van der Waals surface area contributed by atoms with Gasteiger partial charge in [-0.05, 0) is 52.4 Å². The second-order valence-electron chi connectivity index (χ2n) is 10.2. The third-order valence-electron chi connectivity index (χ3n) is 5.87. The molecule has 196 valence electrons. The van der Waals surface area contributed by atoms with Crippen LogP contribution in [0.1, 0.15) is 54.2 Å². The summed E-state index contributed by atoms with van der Waals surface area (Å²) in [5.74, 6) is 0.887. The molecule has 3 aromatic rings. The van der Waals surface area contributed by atoms with Crippen molar-refractivity contribution >= 4 is 17.5 Å². The second kappa shape index (κ2) is 12.4. The molecule has 0 aliphatic heterocycles. The average molecular weight is 504 g/mol. The molecule has 0 aromatic heterocycles. The summed E-state index contributed by atoms with van der Waals surface area (Å²) in [7, 11) is 3.08. The average Bonchev–Trinajstić information content (AvgIpc) is 2.88. The highest BCUT2D eigenvalue weighted by atomic mass is 16.5. The fourth-order valence-electron chi connectivity index (χ4n) is 3.97. The van der Waals surface area contributed by atoms with Crippen LogP contribution in [0.2, 0.25) is 0 Å². The molecule has 0 bridgehead atoms. The summed E-state index contributed by atoms with van der Waals surface area (Å²) >= 11 is 0. The lowest BCUT2D eigenvalue weighted by Gasteiger charge is -2.27. The molecule has 0 heterocycles. The van der Waals surface area contributed by atoms with Gasteiger partial charge in [0.15, 0.2) is 11.5 Å². The first-order valence-electron chi connectivity index (χ1n) is 12.3. The number of nitrogens with zero attached hydrogens (tertiary/aromatic N) is 1. The number of nitrogens with two attached hydrogens (primary N) is 1. The number of hydrogen-bond donors (Lipinski definition) is 2. The number of carbonyl (C=O) groups excluding carboxylic acids is 2. The zero-order chi connectivity index (χ0) is 27.0. The van der Waals surface area contributed by atoms with Crippen LogP contribution in [0.4, 0.5) is 5.69 Å². The summed E-state index contributed by atoms with van der Waals surface area (Å²) in [5, 5.41) is 2.91. The lowest BCUT2D eigenvalue weighted by atomic mass is 9.91. The van der Waals surface area contributed by atoms with E-state index >= 15 is 0 Å². The molecule has 0 fully saturated rings. The van der Waals surface area contributed by atoms with E-state index in [0.717, 1.165) is 16.7 Å². The minimum Gasteiger partial charge on any atom is -0.493 e. The monoisotopic (exact) mass is 503 g/mol. The van der Waals surface area contributed by atoms with E-state index in [9.17, 15) is 9.59 Å². The smallest absolute Gasteiger partial charge is 0.255 e. The van der Waals surface area contributed by atoms with Gasteiger partial charge in [0, 0.05) is 37.3 Å². The van der Waals surface area contributed by atoms with Gasteiger partial charge in [-0.15, -0.1) is 0 Å². The summed E-state index contributed by atoms with van der Waals surface area (Å²) < 4.78 is 10.5. The van der Waals surface area contributed by atoms with Crippen molar-refractivity contribution in [1.82, 2.24) is 4.90 Å². The molecule has 0 atom stereocenters. The summed E-state index contributed by atoms with van der Waals surface area (Å²) in [6.07, 6.45) is 0.447. The Hall–Kier alpha value is -3.84. The highest BCUT2D eigenvalue weighted by Gasteiger charge is 2.22. The minimum atomic E-state index is -0.254. The van der Waals surface area contributed by atoms with E-state index in [1.807, 2.05) is 53.4 Å². The topological polar surface area (TPSA) is 93.9 Å². The molecule has 0 aliphatic rings. The van der Waals surface area contributed by atoms with Crippen LogP contribution in [0.25, 0.3) is 0 Å². The van der Waals surface area contributed by atoms with Gasteiger partial charge in [0.2, 0.25) is 5.91 Å². The van der Waals surface area contributed by atoms with E-state index in [1.54, 1.807) is 25.3 Å². The van der Waals surface area contributed by atoms with Crippen LogP contribution >= 0.6 is 0 Å². The maximum atomic E-state index is 13.2. The standard InChI is InChI=1S/C30H37N3O4/c1-30(2,3)17-28(34)33(20-23-8-6-7-22(15-23)18-31)19-21-9-12-25(13-10-21)32-29(35)24-11-14-26(36-4)27(16-24)37-5/h6-16H,17-20,31H2,1-5H3,(H,32,35). The SMILES string of the molecule is COc1ccc(C(=O)Nc2ccc(CN(Cc3cccc(CN)c3)C(=O)CC(C)(C)C)cc2)cc1OC. The first kappa shape index (κ1) is 27.7. The van der Waals surface area contributed by atoms with Crippen LogP contribution in [0.5, 0.6) is 11.5 Å². The molecular formula is C30H37N3O4. The van der Waals surface area contributed by atoms with Crippen LogP contribution in [-0.2, 0) is 24.4 Å². The van der Waals surface area contributed by atoms with Crippen LogP contribution in [-0.4, -0.2) is 30.9 Å². The molecule has 2 amide bonds. The number of rotatable bonds is 10. The van der Waals surface area contributed by atoms with Gasteiger partial charge in [0.1, 0.15) is 0 Å². The van der Waals surface area contributed by atoms with Crippen molar-refractivity contribution < 1.29 is 19.1 Å². The zero-order valence-corrected chi connectivity index (χ0v) is 22.3. The molecule has 3 rings (SSSR count). The largest absolute Gasteiger partial charge is 0.493 e. The van der Waals surface area contributed by atoms with Gasteiger partial charge in [-0.2, -0.15) is 0 Å². The van der Waals surface area contributed by atoms with Crippen molar-refractivity contribution in [3.8, 4) is 11.5 Å². The van der Waals surface area contributed by atoms with Gasteiger partial charge in [0.25, 0.3) is 5.91 Å². The summed E-state index contributed by atoms with van der Waals surface area (Å²) in [5.41, 5.74) is 9.86. The van der Waals surface area contributed by atoms with Crippen LogP contribution in [0, 0.1) is 5.41 Å². The molecule has 0 spiro atoms. The third kappa shape index (κ3) is 8.08. The van der Waals surface area contributed by atoms with Crippen molar-refractivity contribution in [2.75, 3.05) is 19.5 Å². The zero-order valence-electron chi connectivity index (χ0n) is 22.3. The Morgan fingerprint density at radius 3 is 2.11 bits per heavy atom. The predicted molar refractivity (Wildman–Crippen MR) is 147 cm³/mol. The molecule has 0 saturated heterocycles. The van der Waals surface area contributed by atoms with Gasteiger partial charge in [-0.1, -0.05) is 57.2 Å². The summed E-state index contributed by atoms with van der Waals surface area (Å²) in [6, 6.07) is 20.6. The Morgan fingerprint density at radius 1 is 0.838 bits per heavy atom. The Morgan fingerprint density at radius 2 is 1.49 bits per heavy atom. The Kier molecular flexibility index (Phi) is 9.31. The lowest BCUT2D eigenvalue weighted by Crippen LogP contribution is -2.32. The Balaban J connectivity index is 1.73. The number of hydrogen-bond acceptors (Lipinski definition) is 5. The van der Waals surface area contributed by atoms with Gasteiger partial charge >= 0.3 is 0 Å². The molecule has 0 saturated carbocycles. The first-order valence-corrected chi connectivity index (χ1v) is 12.3. The maximum absolute atomic E-state index is 13.2. The van der Waals surface area contributed by atoms with E-state index in [0.29, 0.717) is 48.8 Å². The predicted octanol–water partition coefficient (Wildman–Crippen LogP) is 5.38. The molecule has 0 aliphatic carbocycles. The number of amides is 2. The van der Waals surface area contributed by atoms with E-state index in [-0.39, 0.29) is 17.2 Å². The number of carbonyl (C=O) groups is 2. The lowest BCUT2D eigenvalue weighted by molar-refractivity contribution is -0.134. The quantitative estimate of drug-likeness (QED) is 0.387. The van der Waals surface area contributed by atoms with Crippen molar-refractivity contribution in [1.29, 1.82) is 0 Å². The maximum Gasteiger partial charge on any atom is 0.255 e. The Labute approximate surface area is 219 Å². The van der Waals surface area contributed by atoms with E-state index in [4.69, 9.17) is 15.2 Å². The fraction of sp³-hybridized carbons (Fsp3) is 0.333. The normalized spacial score (nSPS) is 11.1. The van der Waals surface area contributed by atoms with Crippen molar-refractivity contribution in [3.63, 3.8) is 0 Å². The number of nitrogens with one attached hydrogen (secondary N) is 1. The Bertz CT molecular complexity index is 1220. The van der Waals surface area contributed by atoms with Crippen molar-refractivity contribution in [3.05, 3.63) is 89.0 Å². The van der Waals surface area contributed by atoms with Crippen molar-refractivity contribution in [2.45, 2.75) is 46.8 Å². The molecule has 37 heavy (non-hydrogen) atoms. The molecule has 3 N–H and O–H groups in total. The first-order chi connectivity index (χ1) is 17.6. The summed E-state index contributed by atoms with van der Waals surface area (Å²) in [6.45, 7) is 7.61. The van der Waals surface area contributed by atoms with E-state index in [1.165, 1.54) is 7.11 Å². The van der Waals surface area contributed by atoms with Crippen LogP contribution in [0.3, 0.4) is 0 Å². The van der Waals surface area contributed by atoms with Gasteiger partial charge in [0.05, 0.1) is 14.2 Å². The molecule has 3 aromatic carbocycles. The molecule has 7 heteroatoms. The van der Waals surface area contributed by atoms with Gasteiger partial charge in [-0.25, -0.2) is 0 Å². The highest BCUT2D eigenvalue weighted by molar-refractivity contribution is 6.04. The minimum absolute atomic E-state index is 0.0940. The number of methoxy groups -OCH3 is 2. The van der Waals surface area contributed by atoms with Crippen LogP contribution in [0.15, 0.2) is 66.7 Å². The van der Waals surface area contributed by atoms with Gasteiger partial charge in [-0.3, -0.25) is 9.59 Å². The molecular weight excluding hydrogens is 466 g/mol. The second-order valence-corrected chi connectivity index (χ2v) is 10.2. The fourth-order valence-corrected chi connectivity index (χ4v) is 3.97. The number of anilines is 1. The van der Waals surface area contributed by atoms with Crippen LogP contribution < -0.4 is 20.5 Å². The molecule has 7 nitrogen and oxygen atoms in total. The van der Waals surface area contributed by atoms with E-state index < -0.39 is 0 Å². The molecule has 0 unspecified atom stereocenters. The number of ether oxygens (including phenoxy) is 2. The number of benzene rings is 3. The van der Waals surface area contributed by atoms with Crippen molar-refractivity contribution in [2.24, 2.45) is 11.1 Å².